The van der Waals surface area contributed by atoms with E-state index in [1.54, 1.807) is 31.3 Å². The molecule has 0 aliphatic heterocycles. The lowest BCUT2D eigenvalue weighted by Crippen LogP contribution is -2.23. The summed E-state index contributed by atoms with van der Waals surface area (Å²) >= 11 is 0. The summed E-state index contributed by atoms with van der Waals surface area (Å²) in [6.45, 7) is -0.995. The second-order valence-electron chi connectivity index (χ2n) is 5.32. The third-order valence-corrected chi connectivity index (χ3v) is 3.43. The molecule has 1 amide bonds. The molecule has 2 aromatic rings. The van der Waals surface area contributed by atoms with Crippen molar-refractivity contribution in [2.75, 3.05) is 30.5 Å². The Morgan fingerprint density at radius 2 is 2.00 bits per heavy atom. The molecule has 0 radical (unpaired) electrons. The fourth-order valence-electron chi connectivity index (χ4n) is 2.16. The highest BCUT2D eigenvalue weighted by molar-refractivity contribution is 5.80. The fourth-order valence-corrected chi connectivity index (χ4v) is 2.16. The van der Waals surface area contributed by atoms with Crippen molar-refractivity contribution in [1.82, 2.24) is 9.97 Å². The number of nitrogens with zero attached hydrogens (tertiary/aromatic N) is 4. The predicted octanol–water partition coefficient (Wildman–Crippen LogP) is 2.47. The van der Waals surface area contributed by atoms with Crippen LogP contribution in [-0.2, 0) is 16.1 Å². The van der Waals surface area contributed by atoms with E-state index in [1.165, 1.54) is 11.1 Å². The van der Waals surface area contributed by atoms with Crippen LogP contribution < -0.4 is 15.0 Å². The third-order valence-electron chi connectivity index (χ3n) is 3.43. The average molecular weight is 395 g/mol. The largest absolute Gasteiger partial charge is 0.522 e. The van der Waals surface area contributed by atoms with E-state index in [4.69, 9.17) is 10.00 Å². The topological polar surface area (TPSA) is 100 Å². The van der Waals surface area contributed by atoms with Gasteiger partial charge >= 0.3 is 12.4 Å². The van der Waals surface area contributed by atoms with Gasteiger partial charge in [-0.25, -0.2) is 4.98 Å². The van der Waals surface area contributed by atoms with Gasteiger partial charge in [-0.3, -0.25) is 14.4 Å². The van der Waals surface area contributed by atoms with Gasteiger partial charge < -0.3 is 10.1 Å². The van der Waals surface area contributed by atoms with Crippen molar-refractivity contribution in [2.24, 2.45) is 0 Å². The lowest BCUT2D eigenvalue weighted by atomic mass is 10.1. The van der Waals surface area contributed by atoms with E-state index in [9.17, 15) is 18.0 Å². The number of ether oxygens (including phenoxy) is 2. The molecule has 2 rings (SSSR count). The number of nitriles is 1. The van der Waals surface area contributed by atoms with Gasteiger partial charge in [0.25, 0.3) is 0 Å². The molecule has 0 aliphatic rings. The van der Waals surface area contributed by atoms with E-state index in [-0.39, 0.29) is 18.4 Å². The molecule has 1 aromatic heterocycles. The molecule has 0 atom stereocenters. The first-order chi connectivity index (χ1) is 13.4. The van der Waals surface area contributed by atoms with Crippen molar-refractivity contribution in [3.05, 3.63) is 41.6 Å². The van der Waals surface area contributed by atoms with Gasteiger partial charge in [-0.15, -0.1) is 13.2 Å². The highest BCUT2D eigenvalue weighted by atomic mass is 19.4. The SMILES string of the molecule is CNc1cnc(OCCOC(F)(F)F)nc1N(C=O)Cc1ccc(C#N)cc1. The monoisotopic (exact) mass is 395 g/mol. The van der Waals surface area contributed by atoms with Crippen LogP contribution in [0.4, 0.5) is 24.7 Å². The minimum atomic E-state index is -4.75. The quantitative estimate of drug-likeness (QED) is 0.514. The summed E-state index contributed by atoms with van der Waals surface area (Å²) < 4.78 is 44.6. The zero-order valence-electron chi connectivity index (χ0n) is 14.7. The van der Waals surface area contributed by atoms with E-state index in [1.807, 2.05) is 6.07 Å². The van der Waals surface area contributed by atoms with Gasteiger partial charge in [0.15, 0.2) is 5.82 Å². The molecular formula is C17H16F3N5O3. The summed E-state index contributed by atoms with van der Waals surface area (Å²) in [7, 11) is 1.60. The zero-order chi connectivity index (χ0) is 20.6. The lowest BCUT2D eigenvalue weighted by molar-refractivity contribution is -0.325. The van der Waals surface area contributed by atoms with E-state index in [0.29, 0.717) is 17.7 Å². The zero-order valence-corrected chi connectivity index (χ0v) is 14.7. The fraction of sp³-hybridized carbons (Fsp3) is 0.294. The number of alkyl halides is 3. The number of anilines is 2. The first kappa shape index (κ1) is 20.9. The molecule has 0 bridgehead atoms. The highest BCUT2D eigenvalue weighted by Gasteiger charge is 2.28. The van der Waals surface area contributed by atoms with Gasteiger partial charge in [0.05, 0.1) is 36.7 Å². The Kier molecular flexibility index (Phi) is 7.11. The van der Waals surface area contributed by atoms with Gasteiger partial charge in [-0.1, -0.05) is 12.1 Å². The van der Waals surface area contributed by atoms with Crippen LogP contribution in [0.1, 0.15) is 11.1 Å². The second-order valence-corrected chi connectivity index (χ2v) is 5.32. The van der Waals surface area contributed by atoms with E-state index in [2.05, 4.69) is 20.0 Å². The van der Waals surface area contributed by atoms with Crippen molar-refractivity contribution in [3.8, 4) is 12.1 Å². The summed E-state index contributed by atoms with van der Waals surface area (Å²) in [5.74, 6) is 0.184. The van der Waals surface area contributed by atoms with Crippen molar-refractivity contribution in [2.45, 2.75) is 12.9 Å². The minimum absolute atomic E-state index is 0.150. The van der Waals surface area contributed by atoms with Gasteiger partial charge in [0, 0.05) is 7.05 Å². The summed E-state index contributed by atoms with van der Waals surface area (Å²) in [4.78, 5) is 20.8. The number of hydrogen-bond donors (Lipinski definition) is 1. The van der Waals surface area contributed by atoms with Crippen molar-refractivity contribution < 1.29 is 27.4 Å². The first-order valence-corrected chi connectivity index (χ1v) is 7.95. The number of aromatic nitrogens is 2. The summed E-state index contributed by atoms with van der Waals surface area (Å²) in [6, 6.07) is 8.43. The molecule has 0 unspecified atom stereocenters. The van der Waals surface area contributed by atoms with Crippen LogP contribution in [0.2, 0.25) is 0 Å². The van der Waals surface area contributed by atoms with Crippen LogP contribution in [-0.4, -0.2) is 43.0 Å². The maximum Gasteiger partial charge on any atom is 0.522 e. The van der Waals surface area contributed by atoms with Crippen LogP contribution in [0.25, 0.3) is 0 Å². The summed E-state index contributed by atoms with van der Waals surface area (Å²) in [5, 5.41) is 11.7. The molecular weight excluding hydrogens is 379 g/mol. The number of carbonyl (C=O) groups is 1. The Balaban J connectivity index is 2.13. The number of benzene rings is 1. The van der Waals surface area contributed by atoms with Crippen molar-refractivity contribution in [1.29, 1.82) is 5.26 Å². The molecule has 1 N–H and O–H groups in total. The predicted molar refractivity (Wildman–Crippen MR) is 92.5 cm³/mol. The minimum Gasteiger partial charge on any atom is -0.461 e. The van der Waals surface area contributed by atoms with E-state index in [0.717, 1.165) is 5.56 Å². The Morgan fingerprint density at radius 1 is 1.29 bits per heavy atom. The van der Waals surface area contributed by atoms with Gasteiger partial charge in [0.2, 0.25) is 6.41 Å². The number of rotatable bonds is 9. The molecule has 0 aliphatic carbocycles. The molecule has 0 fully saturated rings. The molecule has 11 heteroatoms. The number of halogens is 3. The van der Waals surface area contributed by atoms with Crippen LogP contribution >= 0.6 is 0 Å². The lowest BCUT2D eigenvalue weighted by Gasteiger charge is -2.20. The van der Waals surface area contributed by atoms with E-state index >= 15 is 0 Å². The van der Waals surface area contributed by atoms with Crippen LogP contribution in [0, 0.1) is 11.3 Å². The molecule has 8 nitrogen and oxygen atoms in total. The molecule has 0 saturated heterocycles. The van der Waals surface area contributed by atoms with Crippen molar-refractivity contribution in [3.63, 3.8) is 0 Å². The Bertz CT molecular complexity index is 837. The average Bonchev–Trinajstić information content (AvgIpc) is 2.69. The normalized spacial score (nSPS) is 10.8. The van der Waals surface area contributed by atoms with Gasteiger partial charge in [-0.05, 0) is 17.7 Å². The first-order valence-electron chi connectivity index (χ1n) is 7.95. The standard InChI is InChI=1S/C17H16F3N5O3/c1-22-14-9-23-16(27-6-7-28-17(18,19)20)24-15(14)25(11-26)10-13-4-2-12(8-21)3-5-13/h2-5,9,11,22H,6-7,10H2,1H3. The number of nitrogens with one attached hydrogen (secondary N) is 1. The van der Waals surface area contributed by atoms with Gasteiger partial charge in [-0.2, -0.15) is 10.2 Å². The Labute approximate surface area is 158 Å². The number of hydrogen-bond acceptors (Lipinski definition) is 7. The summed E-state index contributed by atoms with van der Waals surface area (Å²) in [5.41, 5.74) is 1.64. The van der Waals surface area contributed by atoms with Crippen LogP contribution in [0.3, 0.4) is 0 Å². The number of carbonyl (C=O) groups excluding carboxylic acids is 1. The molecule has 0 spiro atoms. The Morgan fingerprint density at radius 3 is 2.57 bits per heavy atom. The second kappa shape index (κ2) is 9.52. The van der Waals surface area contributed by atoms with Crippen LogP contribution in [0.15, 0.2) is 30.5 Å². The van der Waals surface area contributed by atoms with Gasteiger partial charge in [0.1, 0.15) is 6.61 Å². The summed E-state index contributed by atoms with van der Waals surface area (Å²) in [6.07, 6.45) is -2.85. The maximum absolute atomic E-state index is 12.0. The smallest absolute Gasteiger partial charge is 0.461 e. The molecule has 0 saturated carbocycles. The molecule has 148 valence electrons. The molecule has 1 aromatic carbocycles. The van der Waals surface area contributed by atoms with Crippen molar-refractivity contribution >= 4 is 17.9 Å². The maximum atomic E-state index is 12.0. The molecule has 1 heterocycles. The van der Waals surface area contributed by atoms with E-state index < -0.39 is 19.6 Å². The Hall–Kier alpha value is -3.39. The highest BCUT2D eigenvalue weighted by Crippen LogP contribution is 2.25. The van der Waals surface area contributed by atoms with Crippen LogP contribution in [0.5, 0.6) is 6.01 Å². The molecule has 28 heavy (non-hydrogen) atoms. The third kappa shape index (κ3) is 6.10. The number of amides is 1.